The second-order valence-corrected chi connectivity index (χ2v) is 7.07. The van der Waals surface area contributed by atoms with Gasteiger partial charge in [-0.25, -0.2) is 9.67 Å². The number of aryl methyl sites for hydroxylation is 1. The Morgan fingerprint density at radius 2 is 1.89 bits per heavy atom. The number of fused-ring (bicyclic) bond motifs is 1. The maximum atomic E-state index is 13.0. The van der Waals surface area contributed by atoms with E-state index < -0.39 is 0 Å². The quantitative estimate of drug-likeness (QED) is 0.651. The fraction of sp³-hybridized carbons (Fsp3) is 0.381. The highest BCUT2D eigenvalue weighted by Gasteiger charge is 2.19. The Balaban J connectivity index is 1.86. The first-order valence-electron chi connectivity index (χ1n) is 9.17. The van der Waals surface area contributed by atoms with E-state index in [1.165, 1.54) is 0 Å². The molecule has 7 nitrogen and oxygen atoms in total. The van der Waals surface area contributed by atoms with Crippen LogP contribution in [0.5, 0.6) is 11.5 Å². The minimum absolute atomic E-state index is 0.0843. The van der Waals surface area contributed by atoms with Crippen LogP contribution in [0.25, 0.3) is 11.0 Å². The number of nitrogens with zero attached hydrogens (tertiary/aromatic N) is 4. The molecule has 0 aliphatic heterocycles. The molecular formula is C21H26N4O3. The van der Waals surface area contributed by atoms with Gasteiger partial charge in [-0.1, -0.05) is 6.07 Å². The maximum absolute atomic E-state index is 13.0. The van der Waals surface area contributed by atoms with E-state index in [1.807, 2.05) is 35.9 Å². The van der Waals surface area contributed by atoms with Crippen molar-refractivity contribution in [1.29, 1.82) is 0 Å². The van der Waals surface area contributed by atoms with Gasteiger partial charge in [-0.05, 0) is 44.5 Å². The van der Waals surface area contributed by atoms with Crippen molar-refractivity contribution in [3.8, 4) is 11.5 Å². The summed E-state index contributed by atoms with van der Waals surface area (Å²) in [6.45, 7) is 6.41. The zero-order valence-corrected chi connectivity index (χ0v) is 17.2. The number of amides is 1. The smallest absolute Gasteiger partial charge is 0.255 e. The summed E-state index contributed by atoms with van der Waals surface area (Å²) in [4.78, 5) is 19.3. The summed E-state index contributed by atoms with van der Waals surface area (Å²) >= 11 is 0. The molecule has 1 aromatic carbocycles. The van der Waals surface area contributed by atoms with Crippen LogP contribution in [-0.4, -0.2) is 46.8 Å². The van der Waals surface area contributed by atoms with Gasteiger partial charge in [0.25, 0.3) is 5.91 Å². The van der Waals surface area contributed by atoms with Crippen LogP contribution < -0.4 is 9.47 Å². The van der Waals surface area contributed by atoms with Gasteiger partial charge in [0.1, 0.15) is 0 Å². The van der Waals surface area contributed by atoms with Crippen molar-refractivity contribution in [2.24, 2.45) is 0 Å². The molecule has 2 aromatic heterocycles. The minimum Gasteiger partial charge on any atom is -0.493 e. The number of ether oxygens (including phenoxy) is 2. The van der Waals surface area contributed by atoms with Crippen molar-refractivity contribution in [1.82, 2.24) is 19.7 Å². The van der Waals surface area contributed by atoms with Crippen molar-refractivity contribution in [2.75, 3.05) is 21.3 Å². The molecule has 0 aliphatic carbocycles. The molecule has 0 spiro atoms. The van der Waals surface area contributed by atoms with E-state index in [2.05, 4.69) is 23.9 Å². The number of hydrogen-bond acceptors (Lipinski definition) is 5. The van der Waals surface area contributed by atoms with E-state index in [1.54, 1.807) is 32.4 Å². The van der Waals surface area contributed by atoms with Crippen LogP contribution in [0.1, 0.15) is 41.5 Å². The van der Waals surface area contributed by atoms with Gasteiger partial charge < -0.3 is 14.4 Å². The van der Waals surface area contributed by atoms with Crippen LogP contribution in [0.15, 0.2) is 30.5 Å². The highest BCUT2D eigenvalue weighted by molar-refractivity contribution is 5.98. The fourth-order valence-electron chi connectivity index (χ4n) is 3.19. The average Bonchev–Trinajstić information content (AvgIpc) is 3.09. The zero-order valence-electron chi connectivity index (χ0n) is 17.2. The van der Waals surface area contributed by atoms with Crippen LogP contribution >= 0.6 is 0 Å². The minimum atomic E-state index is -0.0843. The largest absolute Gasteiger partial charge is 0.493 e. The number of carbonyl (C=O) groups excluding carboxylic acids is 1. The molecule has 0 fully saturated rings. The summed E-state index contributed by atoms with van der Waals surface area (Å²) in [6, 6.07) is 7.72. The van der Waals surface area contributed by atoms with E-state index >= 15 is 0 Å². The van der Waals surface area contributed by atoms with Crippen molar-refractivity contribution in [3.05, 3.63) is 47.3 Å². The monoisotopic (exact) mass is 382 g/mol. The van der Waals surface area contributed by atoms with Gasteiger partial charge in [0, 0.05) is 25.0 Å². The summed E-state index contributed by atoms with van der Waals surface area (Å²) in [7, 11) is 4.97. The predicted molar refractivity (Wildman–Crippen MR) is 108 cm³/mol. The lowest BCUT2D eigenvalue weighted by molar-refractivity contribution is 0.0784. The van der Waals surface area contributed by atoms with Gasteiger partial charge in [-0.2, -0.15) is 5.10 Å². The Labute approximate surface area is 164 Å². The SMILES string of the molecule is COc1ccc(CN(C)C(=O)c2cc3cnn(C(C)C)c3nc2C)cc1OC. The second-order valence-electron chi connectivity index (χ2n) is 7.07. The number of benzene rings is 1. The Hall–Kier alpha value is -3.09. The third-order valence-electron chi connectivity index (χ3n) is 4.69. The van der Waals surface area contributed by atoms with Gasteiger partial charge in [-0.3, -0.25) is 4.79 Å². The number of hydrogen-bond donors (Lipinski definition) is 0. The first-order chi connectivity index (χ1) is 13.3. The van der Waals surface area contributed by atoms with E-state index in [4.69, 9.17) is 9.47 Å². The molecule has 0 unspecified atom stereocenters. The Kier molecular flexibility index (Phi) is 5.53. The van der Waals surface area contributed by atoms with Crippen molar-refractivity contribution < 1.29 is 14.3 Å². The van der Waals surface area contributed by atoms with Gasteiger partial charge >= 0.3 is 0 Å². The predicted octanol–water partition coefficient (Wildman–Crippen LogP) is 3.61. The summed E-state index contributed by atoms with van der Waals surface area (Å²) in [6.07, 6.45) is 1.76. The van der Waals surface area contributed by atoms with Gasteiger partial charge in [0.2, 0.25) is 0 Å². The summed E-state index contributed by atoms with van der Waals surface area (Å²) in [5, 5.41) is 5.25. The maximum Gasteiger partial charge on any atom is 0.255 e. The number of rotatable bonds is 6. The second kappa shape index (κ2) is 7.88. The molecule has 3 rings (SSSR count). The molecule has 1 amide bonds. The van der Waals surface area contributed by atoms with E-state index in [-0.39, 0.29) is 11.9 Å². The number of aromatic nitrogens is 3. The van der Waals surface area contributed by atoms with Crippen molar-refractivity contribution in [3.63, 3.8) is 0 Å². The van der Waals surface area contributed by atoms with Gasteiger partial charge in [0.05, 0.1) is 31.7 Å². The van der Waals surface area contributed by atoms with Crippen LogP contribution in [0, 0.1) is 6.92 Å². The van der Waals surface area contributed by atoms with Crippen LogP contribution in [0.4, 0.5) is 0 Å². The fourth-order valence-corrected chi connectivity index (χ4v) is 3.19. The first kappa shape index (κ1) is 19.7. The standard InChI is InChI=1S/C21H26N4O3/c1-13(2)25-20-16(11-22-25)10-17(14(3)23-20)21(26)24(4)12-15-7-8-18(27-5)19(9-15)28-6/h7-11,13H,12H2,1-6H3. The molecule has 0 bridgehead atoms. The van der Waals surface area contributed by atoms with Crippen LogP contribution in [0.3, 0.4) is 0 Å². The van der Waals surface area contributed by atoms with Gasteiger partial charge in [0.15, 0.2) is 17.1 Å². The Morgan fingerprint density at radius 1 is 1.18 bits per heavy atom. The highest BCUT2D eigenvalue weighted by atomic mass is 16.5. The molecular weight excluding hydrogens is 356 g/mol. The van der Waals surface area contributed by atoms with E-state index in [9.17, 15) is 4.79 Å². The third-order valence-corrected chi connectivity index (χ3v) is 4.69. The molecule has 0 radical (unpaired) electrons. The molecule has 0 N–H and O–H groups in total. The molecule has 7 heteroatoms. The lowest BCUT2D eigenvalue weighted by Crippen LogP contribution is -2.27. The third kappa shape index (κ3) is 3.65. The number of methoxy groups -OCH3 is 2. The van der Waals surface area contributed by atoms with E-state index in [0.29, 0.717) is 29.3 Å². The first-order valence-corrected chi connectivity index (χ1v) is 9.17. The van der Waals surface area contributed by atoms with Crippen LogP contribution in [0.2, 0.25) is 0 Å². The molecule has 0 saturated carbocycles. The zero-order chi connectivity index (χ0) is 20.4. The normalized spacial score (nSPS) is 11.1. The molecule has 2 heterocycles. The van der Waals surface area contributed by atoms with Gasteiger partial charge in [-0.15, -0.1) is 0 Å². The Bertz CT molecular complexity index is 1010. The van der Waals surface area contributed by atoms with Crippen molar-refractivity contribution >= 4 is 16.9 Å². The molecule has 28 heavy (non-hydrogen) atoms. The number of carbonyl (C=O) groups is 1. The molecule has 0 saturated heterocycles. The van der Waals surface area contributed by atoms with E-state index in [0.717, 1.165) is 16.6 Å². The molecule has 3 aromatic rings. The molecule has 148 valence electrons. The Morgan fingerprint density at radius 3 is 2.54 bits per heavy atom. The number of pyridine rings is 1. The summed E-state index contributed by atoms with van der Waals surface area (Å²) in [5.41, 5.74) is 3.03. The summed E-state index contributed by atoms with van der Waals surface area (Å²) in [5.74, 6) is 1.22. The lowest BCUT2D eigenvalue weighted by atomic mass is 10.1. The lowest BCUT2D eigenvalue weighted by Gasteiger charge is -2.19. The molecule has 0 atom stereocenters. The topological polar surface area (TPSA) is 69.5 Å². The molecule has 0 aliphatic rings. The highest BCUT2D eigenvalue weighted by Crippen LogP contribution is 2.28. The summed E-state index contributed by atoms with van der Waals surface area (Å²) < 4.78 is 12.5. The average molecular weight is 382 g/mol. The van der Waals surface area contributed by atoms with Crippen LogP contribution in [-0.2, 0) is 6.54 Å². The van der Waals surface area contributed by atoms with Crippen molar-refractivity contribution in [2.45, 2.75) is 33.4 Å².